The van der Waals surface area contributed by atoms with Crippen LogP contribution in [0.5, 0.6) is 5.75 Å². The molecule has 1 aromatic rings. The average molecular weight is 211 g/mol. The number of rotatable bonds is 3. The largest absolute Gasteiger partial charge is 0.489 e. The molecule has 1 aliphatic rings. The van der Waals surface area contributed by atoms with Crippen molar-refractivity contribution in [1.82, 2.24) is 4.98 Å². The van der Waals surface area contributed by atoms with Crippen LogP contribution in [0.15, 0.2) is 18.3 Å². The number of ether oxygens (including phenoxy) is 2. The molecule has 0 aliphatic carbocycles. The SMILES string of the molecule is Fc1ccc(OCC2CCCCO2)cn1. The molecule has 0 spiro atoms. The lowest BCUT2D eigenvalue weighted by atomic mass is 10.1. The van der Waals surface area contributed by atoms with Crippen LogP contribution < -0.4 is 4.74 Å². The van der Waals surface area contributed by atoms with Crippen molar-refractivity contribution in [2.24, 2.45) is 0 Å². The van der Waals surface area contributed by atoms with Crippen molar-refractivity contribution in [3.63, 3.8) is 0 Å². The third-order valence-electron chi connectivity index (χ3n) is 2.41. The van der Waals surface area contributed by atoms with Gasteiger partial charge in [-0.2, -0.15) is 4.39 Å². The van der Waals surface area contributed by atoms with Gasteiger partial charge in [-0.3, -0.25) is 0 Å². The minimum atomic E-state index is -0.490. The first-order chi connectivity index (χ1) is 7.34. The van der Waals surface area contributed by atoms with Crippen LogP contribution in [0, 0.1) is 5.95 Å². The summed E-state index contributed by atoms with van der Waals surface area (Å²) in [5.41, 5.74) is 0. The van der Waals surface area contributed by atoms with Gasteiger partial charge in [0.15, 0.2) is 0 Å². The molecule has 3 nitrogen and oxygen atoms in total. The Hall–Kier alpha value is -1.16. The molecular weight excluding hydrogens is 197 g/mol. The normalized spacial score (nSPS) is 21.3. The third-order valence-corrected chi connectivity index (χ3v) is 2.41. The lowest BCUT2D eigenvalue weighted by Gasteiger charge is -2.22. The number of aromatic nitrogens is 1. The molecule has 1 aliphatic heterocycles. The number of hydrogen-bond acceptors (Lipinski definition) is 3. The van der Waals surface area contributed by atoms with Crippen molar-refractivity contribution in [3.05, 3.63) is 24.3 Å². The van der Waals surface area contributed by atoms with Crippen molar-refractivity contribution in [2.75, 3.05) is 13.2 Å². The first-order valence-electron chi connectivity index (χ1n) is 5.20. The maximum atomic E-state index is 12.5. The first kappa shape index (κ1) is 10.4. The summed E-state index contributed by atoms with van der Waals surface area (Å²) in [6, 6.07) is 2.86. The zero-order valence-electron chi connectivity index (χ0n) is 8.49. The van der Waals surface area contributed by atoms with E-state index >= 15 is 0 Å². The highest BCUT2D eigenvalue weighted by Gasteiger charge is 2.14. The van der Waals surface area contributed by atoms with E-state index in [4.69, 9.17) is 9.47 Å². The Morgan fingerprint density at radius 2 is 2.40 bits per heavy atom. The van der Waals surface area contributed by atoms with Gasteiger partial charge < -0.3 is 9.47 Å². The van der Waals surface area contributed by atoms with Crippen LogP contribution in [0.3, 0.4) is 0 Å². The first-order valence-corrected chi connectivity index (χ1v) is 5.20. The molecule has 15 heavy (non-hydrogen) atoms. The summed E-state index contributed by atoms with van der Waals surface area (Å²) in [5.74, 6) is 0.0989. The van der Waals surface area contributed by atoms with Crippen LogP contribution in [0.4, 0.5) is 4.39 Å². The molecule has 1 saturated heterocycles. The van der Waals surface area contributed by atoms with Crippen LogP contribution in [0.2, 0.25) is 0 Å². The number of pyridine rings is 1. The molecule has 1 aromatic heterocycles. The van der Waals surface area contributed by atoms with Gasteiger partial charge in [0.2, 0.25) is 5.95 Å². The lowest BCUT2D eigenvalue weighted by molar-refractivity contribution is -0.0111. The van der Waals surface area contributed by atoms with Crippen LogP contribution in [-0.4, -0.2) is 24.3 Å². The number of nitrogens with zero attached hydrogens (tertiary/aromatic N) is 1. The van der Waals surface area contributed by atoms with Crippen molar-refractivity contribution in [1.29, 1.82) is 0 Å². The smallest absolute Gasteiger partial charge is 0.213 e. The number of hydrogen-bond donors (Lipinski definition) is 0. The average Bonchev–Trinajstić information content (AvgIpc) is 2.30. The summed E-state index contributed by atoms with van der Waals surface area (Å²) >= 11 is 0. The van der Waals surface area contributed by atoms with E-state index in [1.54, 1.807) is 6.07 Å². The fourth-order valence-electron chi connectivity index (χ4n) is 1.58. The second-order valence-electron chi connectivity index (χ2n) is 3.62. The number of halogens is 1. The van der Waals surface area contributed by atoms with Crippen molar-refractivity contribution >= 4 is 0 Å². The zero-order chi connectivity index (χ0) is 10.5. The van der Waals surface area contributed by atoms with E-state index in [2.05, 4.69) is 4.98 Å². The van der Waals surface area contributed by atoms with Gasteiger partial charge in [-0.05, 0) is 31.4 Å². The lowest BCUT2D eigenvalue weighted by Crippen LogP contribution is -2.25. The molecule has 1 atom stereocenters. The second-order valence-corrected chi connectivity index (χ2v) is 3.62. The van der Waals surface area contributed by atoms with Gasteiger partial charge in [-0.1, -0.05) is 0 Å². The summed E-state index contributed by atoms with van der Waals surface area (Å²) < 4.78 is 23.4. The van der Waals surface area contributed by atoms with Crippen LogP contribution in [0.1, 0.15) is 19.3 Å². The van der Waals surface area contributed by atoms with Gasteiger partial charge in [-0.25, -0.2) is 4.98 Å². The molecule has 0 aromatic carbocycles. The van der Waals surface area contributed by atoms with Gasteiger partial charge in [0.1, 0.15) is 12.4 Å². The topological polar surface area (TPSA) is 31.4 Å². The Morgan fingerprint density at radius 1 is 1.47 bits per heavy atom. The summed E-state index contributed by atoms with van der Waals surface area (Å²) in [6.07, 6.45) is 4.92. The van der Waals surface area contributed by atoms with Gasteiger partial charge in [-0.15, -0.1) is 0 Å². The fourth-order valence-corrected chi connectivity index (χ4v) is 1.58. The Balaban J connectivity index is 1.79. The Kier molecular flexibility index (Phi) is 3.50. The molecule has 1 fully saturated rings. The summed E-state index contributed by atoms with van der Waals surface area (Å²) in [6.45, 7) is 1.34. The van der Waals surface area contributed by atoms with Gasteiger partial charge in [0.05, 0.1) is 12.3 Å². The quantitative estimate of drug-likeness (QED) is 0.718. The van der Waals surface area contributed by atoms with Gasteiger partial charge in [0, 0.05) is 6.61 Å². The Morgan fingerprint density at radius 3 is 3.07 bits per heavy atom. The highest BCUT2D eigenvalue weighted by Crippen LogP contribution is 2.15. The third kappa shape index (κ3) is 3.16. The molecule has 1 unspecified atom stereocenters. The molecule has 0 radical (unpaired) electrons. The fraction of sp³-hybridized carbons (Fsp3) is 0.545. The monoisotopic (exact) mass is 211 g/mol. The molecule has 0 N–H and O–H groups in total. The highest BCUT2D eigenvalue weighted by molar-refractivity contribution is 5.16. The van der Waals surface area contributed by atoms with Crippen LogP contribution in [0.25, 0.3) is 0 Å². The minimum Gasteiger partial charge on any atom is -0.489 e. The van der Waals surface area contributed by atoms with Gasteiger partial charge >= 0.3 is 0 Å². The molecule has 0 bridgehead atoms. The van der Waals surface area contributed by atoms with Crippen LogP contribution >= 0.6 is 0 Å². The standard InChI is InChI=1S/C11H14FNO2/c12-11-5-4-9(7-13-11)15-8-10-3-1-2-6-14-10/h4-5,7,10H,1-3,6,8H2. The van der Waals surface area contributed by atoms with Crippen LogP contribution in [-0.2, 0) is 4.74 Å². The molecular formula is C11H14FNO2. The molecule has 0 amide bonds. The van der Waals surface area contributed by atoms with Crippen molar-refractivity contribution < 1.29 is 13.9 Å². The minimum absolute atomic E-state index is 0.170. The van der Waals surface area contributed by atoms with E-state index in [0.29, 0.717) is 12.4 Å². The van der Waals surface area contributed by atoms with Gasteiger partial charge in [0.25, 0.3) is 0 Å². The molecule has 2 heterocycles. The maximum absolute atomic E-state index is 12.5. The Labute approximate surface area is 88.2 Å². The summed E-state index contributed by atoms with van der Waals surface area (Å²) in [5, 5.41) is 0. The zero-order valence-corrected chi connectivity index (χ0v) is 8.49. The van der Waals surface area contributed by atoms with E-state index in [0.717, 1.165) is 19.4 Å². The molecule has 4 heteroatoms. The highest BCUT2D eigenvalue weighted by atomic mass is 19.1. The summed E-state index contributed by atoms with van der Waals surface area (Å²) in [4.78, 5) is 3.51. The van der Waals surface area contributed by atoms with E-state index in [9.17, 15) is 4.39 Å². The van der Waals surface area contributed by atoms with E-state index < -0.39 is 5.95 Å². The second kappa shape index (κ2) is 5.07. The van der Waals surface area contributed by atoms with E-state index in [-0.39, 0.29) is 6.10 Å². The van der Waals surface area contributed by atoms with Crippen molar-refractivity contribution in [3.8, 4) is 5.75 Å². The molecule has 82 valence electrons. The van der Waals surface area contributed by atoms with Crippen molar-refractivity contribution in [2.45, 2.75) is 25.4 Å². The Bertz CT molecular complexity index is 296. The summed E-state index contributed by atoms with van der Waals surface area (Å²) in [7, 11) is 0. The predicted molar refractivity (Wildman–Crippen MR) is 53.3 cm³/mol. The van der Waals surface area contributed by atoms with E-state index in [1.807, 2.05) is 0 Å². The van der Waals surface area contributed by atoms with E-state index in [1.165, 1.54) is 18.7 Å². The predicted octanol–water partition coefficient (Wildman–Crippen LogP) is 2.17. The molecule has 2 rings (SSSR count). The maximum Gasteiger partial charge on any atom is 0.213 e. The molecule has 0 saturated carbocycles.